The first-order valence-electron chi connectivity index (χ1n) is 6.36. The van der Waals surface area contributed by atoms with Gasteiger partial charge >= 0.3 is 0 Å². The zero-order valence-electron chi connectivity index (χ0n) is 9.98. The summed E-state index contributed by atoms with van der Waals surface area (Å²) in [6, 6.07) is 0. The Morgan fingerprint density at radius 1 is 1.44 bits per heavy atom. The molecule has 0 aromatic carbocycles. The molecule has 2 rings (SSSR count). The molecule has 3 atom stereocenters. The van der Waals surface area contributed by atoms with Crippen LogP contribution in [0.2, 0.25) is 0 Å². The van der Waals surface area contributed by atoms with Crippen molar-refractivity contribution in [2.75, 3.05) is 26.2 Å². The van der Waals surface area contributed by atoms with Gasteiger partial charge in [-0.05, 0) is 31.7 Å². The summed E-state index contributed by atoms with van der Waals surface area (Å²) in [6.07, 6.45) is 2.61. The summed E-state index contributed by atoms with van der Waals surface area (Å²) in [5, 5.41) is 12.9. The predicted octanol–water partition coefficient (Wildman–Crippen LogP) is 0.215. The van der Waals surface area contributed by atoms with E-state index in [0.29, 0.717) is 0 Å². The third-order valence-electron chi connectivity index (χ3n) is 3.82. The van der Waals surface area contributed by atoms with E-state index in [1.54, 1.807) is 0 Å². The molecular formula is C12H22N2O2. The molecule has 0 aromatic rings. The first-order valence-corrected chi connectivity index (χ1v) is 6.36. The minimum absolute atomic E-state index is 0.163. The van der Waals surface area contributed by atoms with Crippen molar-refractivity contribution in [1.82, 2.24) is 10.2 Å². The van der Waals surface area contributed by atoms with Crippen molar-refractivity contribution in [3.63, 3.8) is 0 Å². The molecule has 92 valence electrons. The lowest BCUT2D eigenvalue weighted by Crippen LogP contribution is -2.49. The van der Waals surface area contributed by atoms with Gasteiger partial charge in [0.05, 0.1) is 12.0 Å². The smallest absolute Gasteiger partial charge is 0.226 e. The molecule has 16 heavy (non-hydrogen) atoms. The molecule has 1 amide bonds. The highest BCUT2D eigenvalue weighted by Crippen LogP contribution is 2.20. The summed E-state index contributed by atoms with van der Waals surface area (Å²) in [7, 11) is 0. The fraction of sp³-hybridized carbons (Fsp3) is 0.917. The van der Waals surface area contributed by atoms with Crippen LogP contribution in [0.15, 0.2) is 0 Å². The second-order valence-electron chi connectivity index (χ2n) is 5.16. The standard InChI is InChI=1S/C12H22N2O2/c1-9-8-14(6-4-11(9)15)12(16)10-3-2-5-13-7-10/h9-11,13,15H,2-8H2,1H3/t9?,10-,11?/m0/s1. The first kappa shape index (κ1) is 11.9. The van der Waals surface area contributed by atoms with Gasteiger partial charge < -0.3 is 15.3 Å². The van der Waals surface area contributed by atoms with E-state index in [2.05, 4.69) is 5.32 Å². The Morgan fingerprint density at radius 2 is 2.25 bits per heavy atom. The van der Waals surface area contributed by atoms with E-state index in [9.17, 15) is 9.90 Å². The highest BCUT2D eigenvalue weighted by molar-refractivity contribution is 5.79. The molecule has 2 unspecified atom stereocenters. The van der Waals surface area contributed by atoms with Gasteiger partial charge in [-0.1, -0.05) is 6.92 Å². The monoisotopic (exact) mass is 226 g/mol. The zero-order chi connectivity index (χ0) is 11.5. The van der Waals surface area contributed by atoms with Crippen molar-refractivity contribution in [3.8, 4) is 0 Å². The van der Waals surface area contributed by atoms with Crippen molar-refractivity contribution < 1.29 is 9.90 Å². The predicted molar refractivity (Wildman–Crippen MR) is 62.0 cm³/mol. The average Bonchev–Trinajstić information content (AvgIpc) is 2.33. The summed E-state index contributed by atoms with van der Waals surface area (Å²) in [5.74, 6) is 0.663. The number of hydrogen-bond acceptors (Lipinski definition) is 3. The third kappa shape index (κ3) is 2.55. The number of piperidine rings is 2. The number of aliphatic hydroxyl groups is 1. The van der Waals surface area contributed by atoms with Crippen LogP contribution in [0.25, 0.3) is 0 Å². The molecular weight excluding hydrogens is 204 g/mol. The molecule has 2 aliphatic rings. The van der Waals surface area contributed by atoms with Crippen LogP contribution in [-0.4, -0.2) is 48.2 Å². The Morgan fingerprint density at radius 3 is 2.88 bits per heavy atom. The van der Waals surface area contributed by atoms with E-state index in [1.807, 2.05) is 11.8 Å². The number of aliphatic hydroxyl groups excluding tert-OH is 1. The Bertz CT molecular complexity index is 251. The molecule has 2 aliphatic heterocycles. The Balaban J connectivity index is 1.89. The number of rotatable bonds is 1. The molecule has 0 saturated carbocycles. The van der Waals surface area contributed by atoms with Crippen LogP contribution in [0.3, 0.4) is 0 Å². The molecule has 0 aliphatic carbocycles. The van der Waals surface area contributed by atoms with E-state index >= 15 is 0 Å². The number of carbonyl (C=O) groups is 1. The van der Waals surface area contributed by atoms with Gasteiger partial charge in [0.25, 0.3) is 0 Å². The lowest BCUT2D eigenvalue weighted by atomic mass is 9.93. The van der Waals surface area contributed by atoms with Gasteiger partial charge in [0.15, 0.2) is 0 Å². The SMILES string of the molecule is CC1CN(C(=O)[C@H]2CCCNC2)CCC1O. The van der Waals surface area contributed by atoms with E-state index in [4.69, 9.17) is 0 Å². The molecule has 0 bridgehead atoms. The molecule has 0 aromatic heterocycles. The van der Waals surface area contributed by atoms with E-state index < -0.39 is 0 Å². The van der Waals surface area contributed by atoms with Crippen molar-refractivity contribution in [3.05, 3.63) is 0 Å². The molecule has 2 N–H and O–H groups in total. The van der Waals surface area contributed by atoms with Crippen molar-refractivity contribution >= 4 is 5.91 Å². The Hall–Kier alpha value is -0.610. The molecule has 0 spiro atoms. The lowest BCUT2D eigenvalue weighted by Gasteiger charge is -2.37. The number of carbonyl (C=O) groups excluding carboxylic acids is 1. The van der Waals surface area contributed by atoms with Crippen molar-refractivity contribution in [2.24, 2.45) is 11.8 Å². The largest absolute Gasteiger partial charge is 0.393 e. The Kier molecular flexibility index (Phi) is 3.82. The first-order chi connectivity index (χ1) is 7.68. The Labute approximate surface area is 97.0 Å². The number of nitrogens with one attached hydrogen (secondary N) is 1. The minimum Gasteiger partial charge on any atom is -0.393 e. The minimum atomic E-state index is -0.228. The van der Waals surface area contributed by atoms with Crippen LogP contribution < -0.4 is 5.32 Å². The van der Waals surface area contributed by atoms with Gasteiger partial charge in [0.1, 0.15) is 0 Å². The summed E-state index contributed by atoms with van der Waals surface area (Å²) < 4.78 is 0. The maximum atomic E-state index is 12.2. The second kappa shape index (κ2) is 5.15. The highest BCUT2D eigenvalue weighted by atomic mass is 16.3. The number of hydrogen-bond donors (Lipinski definition) is 2. The number of amides is 1. The van der Waals surface area contributed by atoms with Crippen molar-refractivity contribution in [2.45, 2.75) is 32.3 Å². The molecule has 4 heteroatoms. The maximum absolute atomic E-state index is 12.2. The van der Waals surface area contributed by atoms with Gasteiger partial charge in [0, 0.05) is 19.6 Å². The van der Waals surface area contributed by atoms with Crippen LogP contribution in [-0.2, 0) is 4.79 Å². The lowest BCUT2D eigenvalue weighted by molar-refractivity contribution is -0.139. The molecule has 2 fully saturated rings. The molecule has 0 radical (unpaired) electrons. The fourth-order valence-corrected chi connectivity index (χ4v) is 2.65. The zero-order valence-corrected chi connectivity index (χ0v) is 9.98. The second-order valence-corrected chi connectivity index (χ2v) is 5.16. The number of likely N-dealkylation sites (tertiary alicyclic amines) is 1. The maximum Gasteiger partial charge on any atom is 0.226 e. The van der Waals surface area contributed by atoms with Gasteiger partial charge in [-0.3, -0.25) is 4.79 Å². The summed E-state index contributed by atoms with van der Waals surface area (Å²) in [6.45, 7) is 5.33. The van der Waals surface area contributed by atoms with Crippen LogP contribution in [0.1, 0.15) is 26.2 Å². The summed E-state index contributed by atoms with van der Waals surface area (Å²) >= 11 is 0. The highest BCUT2D eigenvalue weighted by Gasteiger charge is 2.31. The van der Waals surface area contributed by atoms with Gasteiger partial charge in [0.2, 0.25) is 5.91 Å². The average molecular weight is 226 g/mol. The van der Waals surface area contributed by atoms with Crippen LogP contribution in [0.5, 0.6) is 0 Å². The van der Waals surface area contributed by atoms with Gasteiger partial charge in [-0.15, -0.1) is 0 Å². The quantitative estimate of drug-likeness (QED) is 0.672. The summed E-state index contributed by atoms with van der Waals surface area (Å²) in [4.78, 5) is 14.1. The van der Waals surface area contributed by atoms with Crippen molar-refractivity contribution in [1.29, 1.82) is 0 Å². The van der Waals surface area contributed by atoms with Crippen LogP contribution >= 0.6 is 0 Å². The van der Waals surface area contributed by atoms with E-state index in [-0.39, 0.29) is 23.8 Å². The third-order valence-corrected chi connectivity index (χ3v) is 3.82. The molecule has 2 heterocycles. The molecule has 2 saturated heterocycles. The fourth-order valence-electron chi connectivity index (χ4n) is 2.65. The normalized spacial score (nSPS) is 36.1. The van der Waals surface area contributed by atoms with Crippen LogP contribution in [0, 0.1) is 11.8 Å². The topological polar surface area (TPSA) is 52.6 Å². The van der Waals surface area contributed by atoms with E-state index in [0.717, 1.165) is 45.4 Å². The van der Waals surface area contributed by atoms with Gasteiger partial charge in [-0.25, -0.2) is 0 Å². The summed E-state index contributed by atoms with van der Waals surface area (Å²) in [5.41, 5.74) is 0. The number of nitrogens with zero attached hydrogens (tertiary/aromatic N) is 1. The van der Waals surface area contributed by atoms with E-state index in [1.165, 1.54) is 0 Å². The molecule has 4 nitrogen and oxygen atoms in total. The van der Waals surface area contributed by atoms with Crippen LogP contribution in [0.4, 0.5) is 0 Å². The van der Waals surface area contributed by atoms with Gasteiger partial charge in [-0.2, -0.15) is 0 Å².